The third kappa shape index (κ3) is 7.04. The fourth-order valence-corrected chi connectivity index (χ4v) is 2.70. The highest BCUT2D eigenvalue weighted by Crippen LogP contribution is 2.22. The Bertz CT molecular complexity index is 329. The molecule has 0 fully saturated rings. The van der Waals surface area contributed by atoms with E-state index in [0.29, 0.717) is 0 Å². The molecule has 3 heteroatoms. The van der Waals surface area contributed by atoms with Crippen molar-refractivity contribution in [3.8, 4) is 0 Å². The maximum atomic E-state index is 9.64. The lowest BCUT2D eigenvalue weighted by Crippen LogP contribution is -2.19. The highest BCUT2D eigenvalue weighted by Gasteiger charge is 2.11. The summed E-state index contributed by atoms with van der Waals surface area (Å²) in [7, 11) is 0. The summed E-state index contributed by atoms with van der Waals surface area (Å²) in [5.74, 6) is 0.955. The van der Waals surface area contributed by atoms with E-state index in [1.54, 1.807) is 11.8 Å². The summed E-state index contributed by atoms with van der Waals surface area (Å²) in [5.41, 5.74) is 0.770. The van der Waals surface area contributed by atoms with Crippen molar-refractivity contribution in [2.75, 3.05) is 12.3 Å². The smallest absolute Gasteiger partial charge is 0.0599 e. The van der Waals surface area contributed by atoms with Crippen molar-refractivity contribution in [2.45, 2.75) is 50.7 Å². The normalized spacial score (nSPS) is 11.8. The molecule has 0 aliphatic heterocycles. The van der Waals surface area contributed by atoms with Gasteiger partial charge in [0.1, 0.15) is 0 Å². The maximum absolute atomic E-state index is 9.64. The van der Waals surface area contributed by atoms with Gasteiger partial charge in [0, 0.05) is 17.2 Å². The Kier molecular flexibility index (Phi) is 6.76. The number of aliphatic hydroxyl groups is 1. The van der Waals surface area contributed by atoms with E-state index in [4.69, 9.17) is 0 Å². The van der Waals surface area contributed by atoms with Gasteiger partial charge in [0.2, 0.25) is 0 Å². The molecule has 0 aromatic heterocycles. The van der Waals surface area contributed by atoms with E-state index in [-0.39, 0.29) is 0 Å². The average Bonchev–Trinajstić information content (AvgIpc) is 2.30. The minimum atomic E-state index is -0.559. The lowest BCUT2D eigenvalue weighted by atomic mass is 10.1. The zero-order valence-corrected chi connectivity index (χ0v) is 12.5. The van der Waals surface area contributed by atoms with E-state index in [1.165, 1.54) is 16.9 Å². The fraction of sp³-hybridized carbons (Fsp3) is 0.600. The van der Waals surface area contributed by atoms with Crippen molar-refractivity contribution in [3.05, 3.63) is 29.8 Å². The van der Waals surface area contributed by atoms with Crippen LogP contribution in [0.2, 0.25) is 0 Å². The molecule has 0 amide bonds. The van der Waals surface area contributed by atoms with Crippen molar-refractivity contribution < 1.29 is 5.11 Å². The first-order valence-electron chi connectivity index (χ1n) is 6.66. The van der Waals surface area contributed by atoms with Gasteiger partial charge in [-0.25, -0.2) is 0 Å². The van der Waals surface area contributed by atoms with Gasteiger partial charge in [0.25, 0.3) is 0 Å². The molecule has 2 N–H and O–H groups in total. The minimum Gasteiger partial charge on any atom is -0.390 e. The number of nitrogens with one attached hydrogen (secondary N) is 1. The zero-order chi connectivity index (χ0) is 13.4. The highest BCUT2D eigenvalue weighted by atomic mass is 32.2. The maximum Gasteiger partial charge on any atom is 0.0599 e. The summed E-state index contributed by atoms with van der Waals surface area (Å²) in [6, 6.07) is 8.68. The quantitative estimate of drug-likeness (QED) is 0.559. The summed E-state index contributed by atoms with van der Waals surface area (Å²) < 4.78 is 0. The molecule has 0 saturated heterocycles. The van der Waals surface area contributed by atoms with Crippen molar-refractivity contribution >= 4 is 11.8 Å². The van der Waals surface area contributed by atoms with Gasteiger partial charge in [-0.05, 0) is 50.9 Å². The van der Waals surface area contributed by atoms with Gasteiger partial charge in [-0.1, -0.05) is 19.1 Å². The van der Waals surface area contributed by atoms with Crippen LogP contribution < -0.4 is 5.32 Å². The molecule has 1 aromatic carbocycles. The SMILES string of the molecule is CCCNCc1ccc(SCCC(C)(C)O)cc1. The van der Waals surface area contributed by atoms with Crippen LogP contribution in [0, 0.1) is 0 Å². The molecule has 0 aliphatic rings. The molecule has 1 rings (SSSR count). The Morgan fingerprint density at radius 3 is 2.44 bits per heavy atom. The number of rotatable bonds is 8. The Morgan fingerprint density at radius 1 is 1.22 bits per heavy atom. The van der Waals surface area contributed by atoms with Crippen LogP contribution in [0.1, 0.15) is 39.2 Å². The second-order valence-electron chi connectivity index (χ2n) is 5.23. The van der Waals surface area contributed by atoms with Gasteiger partial charge >= 0.3 is 0 Å². The summed E-state index contributed by atoms with van der Waals surface area (Å²) in [5, 5.41) is 13.0. The van der Waals surface area contributed by atoms with Crippen molar-refractivity contribution in [1.82, 2.24) is 5.32 Å². The second kappa shape index (κ2) is 7.82. The standard InChI is InChI=1S/C15H25NOS/c1-4-10-16-12-13-5-7-14(8-6-13)18-11-9-15(2,3)17/h5-8,16-17H,4,9-12H2,1-3H3. The molecule has 0 radical (unpaired) electrons. The van der Waals surface area contributed by atoms with E-state index in [0.717, 1.165) is 25.3 Å². The van der Waals surface area contributed by atoms with Gasteiger partial charge in [-0.3, -0.25) is 0 Å². The van der Waals surface area contributed by atoms with Crippen molar-refractivity contribution in [2.24, 2.45) is 0 Å². The number of thioether (sulfide) groups is 1. The summed E-state index contributed by atoms with van der Waals surface area (Å²) >= 11 is 1.80. The molecule has 0 spiro atoms. The first-order valence-corrected chi connectivity index (χ1v) is 7.64. The molecule has 0 saturated carbocycles. The molecule has 0 unspecified atom stereocenters. The molecule has 0 bridgehead atoms. The number of hydrogen-bond donors (Lipinski definition) is 2. The Balaban J connectivity index is 2.31. The summed E-state index contributed by atoms with van der Waals surface area (Å²) in [4.78, 5) is 1.28. The Morgan fingerprint density at radius 2 is 1.89 bits per heavy atom. The third-order valence-electron chi connectivity index (χ3n) is 2.66. The lowest BCUT2D eigenvalue weighted by Gasteiger charge is -2.16. The van der Waals surface area contributed by atoms with E-state index in [9.17, 15) is 5.11 Å². The molecular formula is C15H25NOS. The van der Waals surface area contributed by atoms with Crippen molar-refractivity contribution in [1.29, 1.82) is 0 Å². The van der Waals surface area contributed by atoms with Gasteiger partial charge in [0.15, 0.2) is 0 Å². The number of benzene rings is 1. The minimum absolute atomic E-state index is 0.559. The van der Waals surface area contributed by atoms with E-state index >= 15 is 0 Å². The molecule has 18 heavy (non-hydrogen) atoms. The molecule has 0 atom stereocenters. The molecule has 0 heterocycles. The van der Waals surface area contributed by atoms with E-state index in [1.807, 2.05) is 13.8 Å². The number of hydrogen-bond acceptors (Lipinski definition) is 3. The first-order chi connectivity index (χ1) is 8.51. The topological polar surface area (TPSA) is 32.3 Å². The molecular weight excluding hydrogens is 242 g/mol. The molecule has 0 aliphatic carbocycles. The van der Waals surface area contributed by atoms with Crippen LogP contribution in [-0.2, 0) is 6.54 Å². The lowest BCUT2D eigenvalue weighted by molar-refractivity contribution is 0.0778. The van der Waals surface area contributed by atoms with Crippen molar-refractivity contribution in [3.63, 3.8) is 0 Å². The summed E-state index contributed by atoms with van der Waals surface area (Å²) in [6.07, 6.45) is 1.99. The van der Waals surface area contributed by atoms with Crippen LogP contribution in [0.4, 0.5) is 0 Å². The van der Waals surface area contributed by atoms with Crippen LogP contribution in [0.25, 0.3) is 0 Å². The Labute approximate surface area is 115 Å². The van der Waals surface area contributed by atoms with Gasteiger partial charge in [0.05, 0.1) is 5.60 Å². The molecule has 1 aromatic rings. The van der Waals surface area contributed by atoms with Gasteiger partial charge in [-0.15, -0.1) is 11.8 Å². The van der Waals surface area contributed by atoms with E-state index < -0.39 is 5.60 Å². The van der Waals surface area contributed by atoms with Crippen LogP contribution in [0.3, 0.4) is 0 Å². The molecule has 102 valence electrons. The largest absolute Gasteiger partial charge is 0.390 e. The van der Waals surface area contributed by atoms with Crippen LogP contribution >= 0.6 is 11.8 Å². The highest BCUT2D eigenvalue weighted by molar-refractivity contribution is 7.99. The van der Waals surface area contributed by atoms with Crippen LogP contribution in [0.15, 0.2) is 29.2 Å². The van der Waals surface area contributed by atoms with Crippen LogP contribution in [-0.4, -0.2) is 23.0 Å². The van der Waals surface area contributed by atoms with Gasteiger partial charge in [-0.2, -0.15) is 0 Å². The fourth-order valence-electron chi connectivity index (χ4n) is 1.53. The second-order valence-corrected chi connectivity index (χ2v) is 6.40. The first kappa shape index (κ1) is 15.5. The van der Waals surface area contributed by atoms with Gasteiger partial charge < -0.3 is 10.4 Å². The summed E-state index contributed by atoms with van der Waals surface area (Å²) in [6.45, 7) is 7.91. The predicted molar refractivity (Wildman–Crippen MR) is 80.1 cm³/mol. The third-order valence-corrected chi connectivity index (χ3v) is 3.68. The Hall–Kier alpha value is -0.510. The average molecular weight is 267 g/mol. The molecule has 2 nitrogen and oxygen atoms in total. The van der Waals surface area contributed by atoms with Crippen LogP contribution in [0.5, 0.6) is 0 Å². The monoisotopic (exact) mass is 267 g/mol. The zero-order valence-electron chi connectivity index (χ0n) is 11.7. The predicted octanol–water partition coefficient (Wildman–Crippen LogP) is 3.44. The van der Waals surface area contributed by atoms with E-state index in [2.05, 4.69) is 36.5 Å².